The molecular formula is C17H32BrN2+. The van der Waals surface area contributed by atoms with Crippen LogP contribution in [-0.2, 0) is 0 Å². The van der Waals surface area contributed by atoms with Crippen molar-refractivity contribution in [2.24, 2.45) is 0 Å². The molecule has 1 aromatic heterocycles. The van der Waals surface area contributed by atoms with Crippen molar-refractivity contribution in [3.8, 4) is 0 Å². The van der Waals surface area contributed by atoms with Crippen LogP contribution in [0.4, 0.5) is 0 Å². The van der Waals surface area contributed by atoms with Gasteiger partial charge in [-0.25, -0.2) is 0 Å². The van der Waals surface area contributed by atoms with E-state index in [1.54, 1.807) is 0 Å². The molecule has 0 aliphatic heterocycles. The Morgan fingerprint density at radius 2 is 1.30 bits per heavy atom. The number of hydrogen-bond acceptors (Lipinski definition) is 1. The zero-order chi connectivity index (χ0) is 13.8. The molecule has 1 unspecified atom stereocenters. The zero-order valence-electron chi connectivity index (χ0n) is 13.1. The Hall–Kier alpha value is -0.410. The van der Waals surface area contributed by atoms with Crippen molar-refractivity contribution in [1.82, 2.24) is 6.15 Å². The third kappa shape index (κ3) is 9.49. The molecular weight excluding hydrogens is 312 g/mol. The maximum absolute atomic E-state index is 3.76. The lowest BCUT2D eigenvalue weighted by Gasteiger charge is -2.05. The molecule has 0 fully saturated rings. The van der Waals surface area contributed by atoms with Crippen LogP contribution in [0.2, 0.25) is 0 Å². The maximum atomic E-state index is 3.76. The highest BCUT2D eigenvalue weighted by atomic mass is 79.9. The lowest BCUT2D eigenvalue weighted by Crippen LogP contribution is -2.34. The molecule has 20 heavy (non-hydrogen) atoms. The fourth-order valence-electron chi connectivity index (χ4n) is 2.37. The molecule has 0 amide bonds. The van der Waals surface area contributed by atoms with Gasteiger partial charge in [-0.2, -0.15) is 4.57 Å². The third-order valence-corrected chi connectivity index (χ3v) is 4.54. The van der Waals surface area contributed by atoms with Gasteiger partial charge in [0.1, 0.15) is 0 Å². The molecule has 1 atom stereocenters. The van der Waals surface area contributed by atoms with Gasteiger partial charge in [-0.1, -0.05) is 64.4 Å². The summed E-state index contributed by atoms with van der Waals surface area (Å²) in [5.41, 5.74) is 0. The molecule has 0 spiro atoms. The first-order valence-corrected chi connectivity index (χ1v) is 8.86. The minimum Gasteiger partial charge on any atom is -0.344 e. The quantitative estimate of drug-likeness (QED) is 0.301. The highest BCUT2D eigenvalue weighted by Gasteiger charge is 2.11. The van der Waals surface area contributed by atoms with Gasteiger partial charge >= 0.3 is 0 Å². The lowest BCUT2D eigenvalue weighted by atomic mass is 10.1. The molecule has 0 radical (unpaired) electrons. The molecule has 0 saturated carbocycles. The van der Waals surface area contributed by atoms with E-state index in [-0.39, 0.29) is 6.15 Å². The van der Waals surface area contributed by atoms with Crippen LogP contribution in [0.5, 0.6) is 0 Å². The summed E-state index contributed by atoms with van der Waals surface area (Å²) in [6, 6.07) is 6.24. The molecule has 1 aromatic rings. The number of rotatable bonds is 11. The van der Waals surface area contributed by atoms with E-state index in [1.807, 2.05) is 0 Å². The van der Waals surface area contributed by atoms with Crippen LogP contribution in [0.25, 0.3) is 0 Å². The summed E-state index contributed by atoms with van der Waals surface area (Å²) < 4.78 is 2.24. The molecule has 1 rings (SSSR count). The fourth-order valence-corrected chi connectivity index (χ4v) is 2.97. The van der Waals surface area contributed by atoms with Crippen molar-refractivity contribution in [2.75, 3.05) is 0 Å². The standard InChI is InChI=1S/C17H29BrN.H3N/c1-2-3-4-5-6-7-8-9-11-14-17(18)19-15-12-10-13-16-19;/h10,12-13,15-17H,2-9,11,14H2,1H3;1H3/q+1;. The zero-order valence-corrected chi connectivity index (χ0v) is 14.7. The van der Waals surface area contributed by atoms with Crippen molar-refractivity contribution in [1.29, 1.82) is 0 Å². The monoisotopic (exact) mass is 343 g/mol. The van der Waals surface area contributed by atoms with Gasteiger partial charge in [-0.05, 0) is 22.4 Å². The molecule has 0 aliphatic carbocycles. The van der Waals surface area contributed by atoms with Crippen LogP contribution in [0, 0.1) is 0 Å². The van der Waals surface area contributed by atoms with E-state index in [1.165, 1.54) is 64.2 Å². The summed E-state index contributed by atoms with van der Waals surface area (Å²) in [7, 11) is 0. The second kappa shape index (κ2) is 13.6. The number of nitrogens with zero attached hydrogens (tertiary/aromatic N) is 1. The molecule has 3 heteroatoms. The van der Waals surface area contributed by atoms with Crippen LogP contribution in [0.3, 0.4) is 0 Å². The molecule has 0 saturated heterocycles. The number of hydrogen-bond donors (Lipinski definition) is 1. The Labute approximate surface area is 133 Å². The number of pyridine rings is 1. The Morgan fingerprint density at radius 1 is 0.800 bits per heavy atom. The maximum Gasteiger partial charge on any atom is 0.211 e. The van der Waals surface area contributed by atoms with Crippen LogP contribution < -0.4 is 10.7 Å². The van der Waals surface area contributed by atoms with Crippen LogP contribution in [0.1, 0.15) is 76.1 Å². The van der Waals surface area contributed by atoms with Gasteiger partial charge in [0, 0.05) is 18.6 Å². The number of aromatic nitrogens is 1. The van der Waals surface area contributed by atoms with E-state index in [9.17, 15) is 0 Å². The van der Waals surface area contributed by atoms with Gasteiger partial charge < -0.3 is 6.15 Å². The fraction of sp³-hybridized carbons (Fsp3) is 0.706. The Balaban J connectivity index is 0.00000361. The van der Waals surface area contributed by atoms with Gasteiger partial charge in [0.2, 0.25) is 4.95 Å². The van der Waals surface area contributed by atoms with E-state index >= 15 is 0 Å². The van der Waals surface area contributed by atoms with Crippen molar-refractivity contribution >= 4 is 15.9 Å². The van der Waals surface area contributed by atoms with Gasteiger partial charge in [0.15, 0.2) is 12.4 Å². The lowest BCUT2D eigenvalue weighted by molar-refractivity contribution is -0.698. The largest absolute Gasteiger partial charge is 0.344 e. The molecule has 0 bridgehead atoms. The molecule has 1 heterocycles. The first-order chi connectivity index (χ1) is 9.34. The van der Waals surface area contributed by atoms with E-state index in [0.717, 1.165) is 0 Å². The van der Waals surface area contributed by atoms with E-state index < -0.39 is 0 Å². The van der Waals surface area contributed by atoms with Crippen molar-refractivity contribution in [2.45, 2.75) is 76.1 Å². The second-order valence-corrected chi connectivity index (χ2v) is 6.43. The molecule has 0 aliphatic rings. The van der Waals surface area contributed by atoms with Crippen LogP contribution in [0.15, 0.2) is 30.6 Å². The summed E-state index contributed by atoms with van der Waals surface area (Å²) in [5.74, 6) is 0. The first-order valence-electron chi connectivity index (χ1n) is 7.94. The Bertz CT molecular complexity index is 303. The second-order valence-electron chi connectivity index (χ2n) is 5.37. The SMILES string of the molecule is CCCCCCCCCCCC(Br)[n+]1ccccc1.N. The van der Waals surface area contributed by atoms with Crippen molar-refractivity contribution in [3.05, 3.63) is 30.6 Å². The number of alkyl halides is 1. The summed E-state index contributed by atoms with van der Waals surface area (Å²) in [6.45, 7) is 2.28. The Kier molecular flexibility index (Phi) is 13.3. The summed E-state index contributed by atoms with van der Waals surface area (Å²) >= 11 is 3.76. The topological polar surface area (TPSA) is 38.9 Å². The average Bonchev–Trinajstić information content (AvgIpc) is 2.46. The summed E-state index contributed by atoms with van der Waals surface area (Å²) in [4.78, 5) is 0.457. The first kappa shape index (κ1) is 19.6. The molecule has 116 valence electrons. The Morgan fingerprint density at radius 3 is 1.85 bits per heavy atom. The van der Waals surface area contributed by atoms with Gasteiger partial charge in [-0.15, -0.1) is 0 Å². The molecule has 0 aromatic carbocycles. The van der Waals surface area contributed by atoms with E-state index in [4.69, 9.17) is 0 Å². The number of unbranched alkanes of at least 4 members (excludes halogenated alkanes) is 8. The highest BCUT2D eigenvalue weighted by Crippen LogP contribution is 2.17. The summed E-state index contributed by atoms with van der Waals surface area (Å²) in [6.07, 6.45) is 18.1. The smallest absolute Gasteiger partial charge is 0.211 e. The average molecular weight is 344 g/mol. The normalized spacial score (nSPS) is 11.9. The van der Waals surface area contributed by atoms with Gasteiger partial charge in [-0.3, -0.25) is 0 Å². The minimum absolute atomic E-state index is 0. The number of halogens is 1. The van der Waals surface area contributed by atoms with Crippen molar-refractivity contribution < 1.29 is 4.57 Å². The minimum atomic E-state index is 0. The predicted molar refractivity (Wildman–Crippen MR) is 91.5 cm³/mol. The third-order valence-electron chi connectivity index (χ3n) is 3.61. The van der Waals surface area contributed by atoms with Gasteiger partial charge in [0.25, 0.3) is 0 Å². The summed E-state index contributed by atoms with van der Waals surface area (Å²) in [5, 5.41) is 0. The van der Waals surface area contributed by atoms with Crippen LogP contribution in [-0.4, -0.2) is 0 Å². The van der Waals surface area contributed by atoms with Gasteiger partial charge in [0.05, 0.1) is 0 Å². The van der Waals surface area contributed by atoms with E-state index in [2.05, 4.69) is 58.0 Å². The van der Waals surface area contributed by atoms with Crippen molar-refractivity contribution in [3.63, 3.8) is 0 Å². The predicted octanol–water partition coefficient (Wildman–Crippen LogP) is 5.95. The highest BCUT2D eigenvalue weighted by molar-refractivity contribution is 9.09. The molecule has 2 nitrogen and oxygen atoms in total. The molecule has 3 N–H and O–H groups in total. The van der Waals surface area contributed by atoms with Crippen LogP contribution >= 0.6 is 15.9 Å². The van der Waals surface area contributed by atoms with E-state index in [0.29, 0.717) is 4.95 Å².